The number of rotatable bonds is 6. The number of benzene rings is 1. The summed E-state index contributed by atoms with van der Waals surface area (Å²) in [6, 6.07) is 6.72. The van der Waals surface area contributed by atoms with Crippen molar-refractivity contribution in [2.45, 2.75) is 6.92 Å². The highest BCUT2D eigenvalue weighted by atomic mass is 16.5. The molecule has 0 spiro atoms. The summed E-state index contributed by atoms with van der Waals surface area (Å²) in [5.41, 5.74) is 7.60. The second-order valence-corrected chi connectivity index (χ2v) is 3.85. The van der Waals surface area contributed by atoms with E-state index in [2.05, 4.69) is 15.8 Å². The molecule has 0 aliphatic carbocycles. The lowest BCUT2D eigenvalue weighted by Crippen LogP contribution is -2.37. The molecule has 0 saturated carbocycles. The Balaban J connectivity index is 2.65. The second kappa shape index (κ2) is 8.31. The number of hydrazone groups is 1. The molecule has 1 rings (SSSR count). The van der Waals surface area contributed by atoms with Crippen LogP contribution in [-0.2, 0) is 14.4 Å². The van der Waals surface area contributed by atoms with Crippen LogP contribution in [0.2, 0.25) is 0 Å². The summed E-state index contributed by atoms with van der Waals surface area (Å²) in [6.07, 6.45) is 1.30. The van der Waals surface area contributed by atoms with Crippen molar-refractivity contribution in [2.24, 2.45) is 10.8 Å². The molecule has 0 saturated heterocycles. The molecule has 1 aromatic carbocycles. The van der Waals surface area contributed by atoms with Gasteiger partial charge in [-0.3, -0.25) is 14.4 Å². The Bertz CT molecular complexity index is 557. The molecule has 4 N–H and O–H groups in total. The average molecular weight is 292 g/mol. The molecule has 0 bridgehead atoms. The summed E-state index contributed by atoms with van der Waals surface area (Å²) in [6.45, 7) is 1.77. The molecule has 0 radical (unpaired) electrons. The fourth-order valence-electron chi connectivity index (χ4n) is 1.32. The van der Waals surface area contributed by atoms with Gasteiger partial charge in [0.15, 0.2) is 6.61 Å². The van der Waals surface area contributed by atoms with Crippen LogP contribution < -0.4 is 21.2 Å². The molecule has 0 aliphatic rings. The molecule has 0 heterocycles. The maximum absolute atomic E-state index is 11.3. The summed E-state index contributed by atoms with van der Waals surface area (Å²) in [5, 5.41) is 5.99. The Labute approximate surface area is 121 Å². The molecule has 21 heavy (non-hydrogen) atoms. The van der Waals surface area contributed by atoms with Crippen LogP contribution in [0.3, 0.4) is 0 Å². The number of carbonyl (C=O) groups excluding carboxylic acids is 3. The van der Waals surface area contributed by atoms with Gasteiger partial charge in [-0.25, -0.2) is 5.43 Å². The van der Waals surface area contributed by atoms with Crippen LogP contribution in [0.25, 0.3) is 0 Å². The van der Waals surface area contributed by atoms with Crippen LogP contribution in [0.4, 0.5) is 0 Å². The molecule has 0 aromatic heterocycles. The molecule has 3 amide bonds. The quantitative estimate of drug-likeness (QED) is 0.358. The van der Waals surface area contributed by atoms with Crippen LogP contribution in [-0.4, -0.2) is 37.1 Å². The third-order valence-corrected chi connectivity index (χ3v) is 2.20. The number of primary amides is 1. The Morgan fingerprint density at radius 1 is 1.29 bits per heavy atom. The molecule has 0 unspecified atom stereocenters. The van der Waals surface area contributed by atoms with Gasteiger partial charge in [-0.05, 0) is 19.1 Å². The Hall–Kier alpha value is -2.90. The predicted octanol–water partition coefficient (Wildman–Crippen LogP) is -0.863. The van der Waals surface area contributed by atoms with E-state index in [0.29, 0.717) is 17.9 Å². The normalized spacial score (nSPS) is 10.1. The van der Waals surface area contributed by atoms with Gasteiger partial charge >= 0.3 is 11.8 Å². The van der Waals surface area contributed by atoms with E-state index < -0.39 is 17.7 Å². The van der Waals surface area contributed by atoms with Gasteiger partial charge in [0, 0.05) is 12.1 Å². The lowest BCUT2D eigenvalue weighted by Gasteiger charge is -2.06. The topological polar surface area (TPSA) is 123 Å². The van der Waals surface area contributed by atoms with Crippen LogP contribution in [0.15, 0.2) is 29.4 Å². The van der Waals surface area contributed by atoms with E-state index in [4.69, 9.17) is 10.5 Å². The third kappa shape index (κ3) is 5.72. The van der Waals surface area contributed by atoms with Crippen molar-refractivity contribution in [3.8, 4) is 5.75 Å². The summed E-state index contributed by atoms with van der Waals surface area (Å²) in [4.78, 5) is 33.1. The zero-order valence-corrected chi connectivity index (χ0v) is 11.5. The zero-order chi connectivity index (χ0) is 15.7. The number of amides is 3. The number of nitrogens with two attached hydrogens (primary N) is 1. The highest BCUT2D eigenvalue weighted by Gasteiger charge is 2.10. The number of hydrogen-bond acceptors (Lipinski definition) is 5. The minimum absolute atomic E-state index is 0.268. The maximum atomic E-state index is 11.3. The van der Waals surface area contributed by atoms with Crippen LogP contribution >= 0.6 is 0 Å². The summed E-state index contributed by atoms with van der Waals surface area (Å²) in [7, 11) is 0. The molecule has 0 aliphatic heterocycles. The number of nitrogens with zero attached hydrogens (tertiary/aromatic N) is 1. The number of nitrogens with one attached hydrogen (secondary N) is 2. The van der Waals surface area contributed by atoms with Crippen LogP contribution in [0, 0.1) is 0 Å². The molecule has 112 valence electrons. The monoisotopic (exact) mass is 292 g/mol. The number of carbonyl (C=O) groups is 3. The van der Waals surface area contributed by atoms with Gasteiger partial charge < -0.3 is 15.8 Å². The largest absolute Gasteiger partial charge is 0.483 e. The first-order valence-corrected chi connectivity index (χ1v) is 6.16. The molecular weight excluding hydrogens is 276 g/mol. The lowest BCUT2D eigenvalue weighted by molar-refractivity contribution is -0.139. The molecule has 0 atom stereocenters. The Kier molecular flexibility index (Phi) is 6.39. The molecule has 8 nitrogen and oxygen atoms in total. The lowest BCUT2D eigenvalue weighted by atomic mass is 10.2. The van der Waals surface area contributed by atoms with Crippen molar-refractivity contribution in [3.05, 3.63) is 29.8 Å². The molecular formula is C13H16N4O4. The third-order valence-electron chi connectivity index (χ3n) is 2.20. The van der Waals surface area contributed by atoms with Gasteiger partial charge in [-0.15, -0.1) is 0 Å². The van der Waals surface area contributed by atoms with E-state index in [1.165, 1.54) is 6.21 Å². The first kappa shape index (κ1) is 16.2. The fraction of sp³-hybridized carbons (Fsp3) is 0.231. The number of hydrogen-bond donors (Lipinski definition) is 3. The highest BCUT2D eigenvalue weighted by Crippen LogP contribution is 2.15. The molecule has 0 fully saturated rings. The smallest absolute Gasteiger partial charge is 0.329 e. The number of para-hydroxylation sites is 1. The minimum atomic E-state index is -0.872. The van der Waals surface area contributed by atoms with Gasteiger partial charge in [0.2, 0.25) is 0 Å². The highest BCUT2D eigenvalue weighted by molar-refractivity contribution is 6.35. The standard InChI is InChI=1S/C13H16N4O4/c1-2-15-12(19)13(20)17-16-7-9-5-3-4-6-10(9)21-8-11(14)18/h3-7H,2,8H2,1H3,(H2,14,18)(H,15,19)(H,17,20)/b16-7-. The van der Waals surface area contributed by atoms with E-state index in [-0.39, 0.29) is 6.61 Å². The van der Waals surface area contributed by atoms with E-state index in [1.54, 1.807) is 31.2 Å². The van der Waals surface area contributed by atoms with Gasteiger partial charge in [0.05, 0.1) is 6.21 Å². The number of ether oxygens (including phenoxy) is 1. The number of likely N-dealkylation sites (N-methyl/N-ethyl adjacent to an activating group) is 1. The Morgan fingerprint density at radius 3 is 2.67 bits per heavy atom. The van der Waals surface area contributed by atoms with Crippen molar-refractivity contribution in [1.29, 1.82) is 0 Å². The van der Waals surface area contributed by atoms with Crippen molar-refractivity contribution >= 4 is 23.9 Å². The maximum Gasteiger partial charge on any atom is 0.329 e. The van der Waals surface area contributed by atoms with E-state index in [1.807, 2.05) is 0 Å². The summed E-state index contributed by atoms with van der Waals surface area (Å²) in [5.74, 6) is -1.87. The SMILES string of the molecule is CCNC(=O)C(=O)N/N=C\c1ccccc1OCC(N)=O. The molecule has 8 heteroatoms. The van der Waals surface area contributed by atoms with Crippen molar-refractivity contribution in [1.82, 2.24) is 10.7 Å². The van der Waals surface area contributed by atoms with Gasteiger partial charge in [-0.1, -0.05) is 12.1 Å². The van der Waals surface area contributed by atoms with E-state index >= 15 is 0 Å². The summed E-state index contributed by atoms with van der Waals surface area (Å²) >= 11 is 0. The predicted molar refractivity (Wildman–Crippen MR) is 75.6 cm³/mol. The minimum Gasteiger partial charge on any atom is -0.483 e. The van der Waals surface area contributed by atoms with E-state index in [9.17, 15) is 14.4 Å². The van der Waals surface area contributed by atoms with Crippen molar-refractivity contribution in [3.63, 3.8) is 0 Å². The van der Waals surface area contributed by atoms with Crippen molar-refractivity contribution < 1.29 is 19.1 Å². The van der Waals surface area contributed by atoms with Crippen molar-refractivity contribution in [2.75, 3.05) is 13.2 Å². The van der Waals surface area contributed by atoms with E-state index in [0.717, 1.165) is 0 Å². The van der Waals surface area contributed by atoms with Crippen LogP contribution in [0.1, 0.15) is 12.5 Å². The van der Waals surface area contributed by atoms with Gasteiger partial charge in [0.1, 0.15) is 5.75 Å². The molecule has 1 aromatic rings. The zero-order valence-electron chi connectivity index (χ0n) is 11.5. The average Bonchev–Trinajstić information content (AvgIpc) is 2.46. The Morgan fingerprint density at radius 2 is 2.00 bits per heavy atom. The first-order chi connectivity index (χ1) is 10.0. The first-order valence-electron chi connectivity index (χ1n) is 6.16. The van der Waals surface area contributed by atoms with Crippen LogP contribution in [0.5, 0.6) is 5.75 Å². The van der Waals surface area contributed by atoms with Gasteiger partial charge in [-0.2, -0.15) is 5.10 Å². The van der Waals surface area contributed by atoms with Gasteiger partial charge in [0.25, 0.3) is 5.91 Å². The second-order valence-electron chi connectivity index (χ2n) is 3.85. The fourth-order valence-corrected chi connectivity index (χ4v) is 1.32. The summed E-state index contributed by atoms with van der Waals surface area (Å²) < 4.78 is 5.18.